The van der Waals surface area contributed by atoms with Crippen molar-refractivity contribution in [2.45, 2.75) is 32.5 Å². The van der Waals surface area contributed by atoms with Gasteiger partial charge >= 0.3 is 5.97 Å². The van der Waals surface area contributed by atoms with Gasteiger partial charge in [0.05, 0.1) is 22.8 Å². The van der Waals surface area contributed by atoms with Crippen LogP contribution in [0.15, 0.2) is 35.3 Å². The van der Waals surface area contributed by atoms with E-state index in [-0.39, 0.29) is 18.3 Å². The van der Waals surface area contributed by atoms with Gasteiger partial charge in [0, 0.05) is 11.4 Å². The summed E-state index contributed by atoms with van der Waals surface area (Å²) >= 11 is 4.24. The van der Waals surface area contributed by atoms with E-state index in [0.29, 0.717) is 22.3 Å². The van der Waals surface area contributed by atoms with Gasteiger partial charge in [-0.05, 0) is 37.8 Å². The molecule has 0 unspecified atom stereocenters. The predicted octanol–water partition coefficient (Wildman–Crippen LogP) is 4.78. The van der Waals surface area contributed by atoms with Gasteiger partial charge in [-0.3, -0.25) is 9.36 Å². The molecule has 10 heteroatoms. The summed E-state index contributed by atoms with van der Waals surface area (Å²) in [6, 6.07) is 3.94. The van der Waals surface area contributed by atoms with E-state index in [4.69, 9.17) is 4.74 Å². The average Bonchev–Trinajstić information content (AvgIpc) is 3.41. The second-order valence-corrected chi connectivity index (χ2v) is 9.34. The lowest BCUT2D eigenvalue weighted by Gasteiger charge is -2.08. The number of carbonyl (C=O) groups excluding carboxylic acids is 2. The third-order valence-electron chi connectivity index (χ3n) is 4.22. The molecule has 0 bridgehead atoms. The fourth-order valence-corrected chi connectivity index (χ4v) is 5.26. The van der Waals surface area contributed by atoms with Crippen LogP contribution in [-0.2, 0) is 16.1 Å². The molecule has 0 radical (unpaired) electrons. The molecule has 0 aromatic carbocycles. The van der Waals surface area contributed by atoms with E-state index in [1.807, 2.05) is 35.9 Å². The summed E-state index contributed by atoms with van der Waals surface area (Å²) < 4.78 is 7.07. The van der Waals surface area contributed by atoms with Crippen LogP contribution >= 0.6 is 34.4 Å². The highest BCUT2D eigenvalue weighted by atomic mass is 32.2. The Kier molecular flexibility index (Phi) is 7.46. The van der Waals surface area contributed by atoms with E-state index >= 15 is 0 Å². The molecule has 1 amide bonds. The van der Waals surface area contributed by atoms with Gasteiger partial charge in [0.2, 0.25) is 5.91 Å². The number of ether oxygens (including phenoxy) is 1. The molecule has 0 aliphatic rings. The smallest absolute Gasteiger partial charge is 0.341 e. The number of thiophene rings is 2. The Morgan fingerprint density at radius 3 is 2.83 bits per heavy atom. The summed E-state index contributed by atoms with van der Waals surface area (Å²) in [5, 5.41) is 14.5. The highest BCUT2D eigenvalue weighted by Crippen LogP contribution is 2.33. The van der Waals surface area contributed by atoms with Crippen LogP contribution in [0.2, 0.25) is 0 Å². The monoisotopic (exact) mass is 462 g/mol. The molecule has 3 aromatic rings. The predicted molar refractivity (Wildman–Crippen MR) is 123 cm³/mol. The van der Waals surface area contributed by atoms with Crippen LogP contribution in [-0.4, -0.2) is 39.0 Å². The molecule has 0 saturated carbocycles. The molecule has 3 aromatic heterocycles. The Morgan fingerprint density at radius 2 is 2.17 bits per heavy atom. The molecule has 0 atom stereocenters. The molecule has 0 aliphatic carbocycles. The number of anilines is 1. The van der Waals surface area contributed by atoms with Gasteiger partial charge < -0.3 is 10.1 Å². The topological polar surface area (TPSA) is 86.1 Å². The van der Waals surface area contributed by atoms with Crippen LogP contribution in [0.25, 0.3) is 10.7 Å². The van der Waals surface area contributed by atoms with Crippen LogP contribution in [0.5, 0.6) is 0 Å². The Hall–Kier alpha value is -2.43. The van der Waals surface area contributed by atoms with Crippen molar-refractivity contribution in [3.63, 3.8) is 0 Å². The normalized spacial score (nSPS) is 10.8. The molecule has 7 nitrogen and oxygen atoms in total. The number of thioether (sulfide) groups is 1. The molecule has 1 N–H and O–H groups in total. The Labute approximate surface area is 187 Å². The Morgan fingerprint density at radius 1 is 1.37 bits per heavy atom. The fourth-order valence-electron chi connectivity index (χ4n) is 2.73. The van der Waals surface area contributed by atoms with Crippen molar-refractivity contribution < 1.29 is 14.3 Å². The Balaban J connectivity index is 1.72. The van der Waals surface area contributed by atoms with E-state index in [2.05, 4.69) is 22.1 Å². The second kappa shape index (κ2) is 10.1. The van der Waals surface area contributed by atoms with Crippen LogP contribution in [0.3, 0.4) is 0 Å². The standard InChI is InChI=1S/C20H22N4O3S3/c1-5-9-24-17(14-8-7-10-28-14)22-23-20(24)29-11-15(25)21-18-16(19(26)27-6-2)12(3)13(4)30-18/h5,7-8,10H,1,6,9,11H2,2-4H3,(H,21,25). The first-order valence-electron chi connectivity index (χ1n) is 9.24. The molecule has 0 aliphatic heterocycles. The number of aromatic nitrogens is 3. The van der Waals surface area contributed by atoms with Gasteiger partial charge in [0.15, 0.2) is 11.0 Å². The number of rotatable bonds is 9. The summed E-state index contributed by atoms with van der Waals surface area (Å²) in [7, 11) is 0. The van der Waals surface area contributed by atoms with E-state index < -0.39 is 5.97 Å². The summed E-state index contributed by atoms with van der Waals surface area (Å²) in [4.78, 5) is 26.9. The lowest BCUT2D eigenvalue weighted by atomic mass is 10.1. The quantitative estimate of drug-likeness (QED) is 0.280. The first-order valence-corrected chi connectivity index (χ1v) is 11.9. The summed E-state index contributed by atoms with van der Waals surface area (Å²) in [6.07, 6.45) is 1.77. The van der Waals surface area contributed by atoms with Crippen LogP contribution in [0.4, 0.5) is 5.00 Å². The maximum absolute atomic E-state index is 12.6. The van der Waals surface area contributed by atoms with Crippen LogP contribution in [0.1, 0.15) is 27.7 Å². The van der Waals surface area contributed by atoms with Gasteiger partial charge in [-0.15, -0.1) is 39.4 Å². The number of carbonyl (C=O) groups is 2. The third kappa shape index (κ3) is 4.82. The van der Waals surface area contributed by atoms with E-state index in [1.54, 1.807) is 24.3 Å². The number of amides is 1. The van der Waals surface area contributed by atoms with Crippen molar-refractivity contribution in [3.05, 3.63) is 46.2 Å². The highest BCUT2D eigenvalue weighted by Gasteiger charge is 2.22. The van der Waals surface area contributed by atoms with Crippen molar-refractivity contribution in [3.8, 4) is 10.7 Å². The molecular weight excluding hydrogens is 440 g/mol. The average molecular weight is 463 g/mol. The van der Waals surface area contributed by atoms with E-state index in [9.17, 15) is 9.59 Å². The van der Waals surface area contributed by atoms with Gasteiger partial charge in [-0.25, -0.2) is 4.79 Å². The molecule has 30 heavy (non-hydrogen) atoms. The van der Waals surface area contributed by atoms with Crippen molar-refractivity contribution in [2.75, 3.05) is 17.7 Å². The summed E-state index contributed by atoms with van der Waals surface area (Å²) in [5.41, 5.74) is 1.25. The molecule has 0 spiro atoms. The minimum Gasteiger partial charge on any atom is -0.462 e. The van der Waals surface area contributed by atoms with Crippen LogP contribution < -0.4 is 5.32 Å². The largest absolute Gasteiger partial charge is 0.462 e. The van der Waals surface area contributed by atoms with Crippen molar-refractivity contribution in [2.24, 2.45) is 0 Å². The number of hydrogen-bond donors (Lipinski definition) is 1. The van der Waals surface area contributed by atoms with Crippen molar-refractivity contribution in [1.82, 2.24) is 14.8 Å². The zero-order valence-electron chi connectivity index (χ0n) is 16.9. The molecule has 3 heterocycles. The minimum absolute atomic E-state index is 0.137. The molecule has 0 fully saturated rings. The van der Waals surface area contributed by atoms with Gasteiger partial charge in [-0.1, -0.05) is 23.9 Å². The second-order valence-electron chi connectivity index (χ2n) is 6.23. The highest BCUT2D eigenvalue weighted by molar-refractivity contribution is 7.99. The number of nitrogens with one attached hydrogen (secondary N) is 1. The van der Waals surface area contributed by atoms with Crippen LogP contribution in [0, 0.1) is 13.8 Å². The number of hydrogen-bond acceptors (Lipinski definition) is 8. The lowest BCUT2D eigenvalue weighted by Crippen LogP contribution is -2.17. The lowest BCUT2D eigenvalue weighted by molar-refractivity contribution is -0.113. The maximum atomic E-state index is 12.6. The molecule has 0 saturated heterocycles. The number of allylic oxidation sites excluding steroid dienone is 1. The van der Waals surface area contributed by atoms with Crippen molar-refractivity contribution >= 4 is 51.3 Å². The number of esters is 1. The summed E-state index contributed by atoms with van der Waals surface area (Å²) in [6.45, 7) is 10.1. The summed E-state index contributed by atoms with van der Waals surface area (Å²) in [5.74, 6) is 0.242. The van der Waals surface area contributed by atoms with Crippen molar-refractivity contribution in [1.29, 1.82) is 0 Å². The van der Waals surface area contributed by atoms with Gasteiger partial charge in [0.25, 0.3) is 0 Å². The van der Waals surface area contributed by atoms with Gasteiger partial charge in [-0.2, -0.15) is 0 Å². The number of nitrogens with zero attached hydrogens (tertiary/aromatic N) is 3. The Bertz CT molecular complexity index is 1050. The number of aryl methyl sites for hydroxylation is 1. The maximum Gasteiger partial charge on any atom is 0.341 e. The SMILES string of the molecule is C=CCn1c(SCC(=O)Nc2sc(C)c(C)c2C(=O)OCC)nnc1-c1cccs1. The fraction of sp³-hybridized carbons (Fsp3) is 0.300. The minimum atomic E-state index is -0.423. The van der Waals surface area contributed by atoms with E-state index in [1.165, 1.54) is 23.1 Å². The first-order chi connectivity index (χ1) is 14.5. The van der Waals surface area contributed by atoms with E-state index in [0.717, 1.165) is 21.1 Å². The molecule has 158 valence electrons. The zero-order valence-corrected chi connectivity index (χ0v) is 19.4. The third-order valence-corrected chi connectivity index (χ3v) is 7.18. The zero-order chi connectivity index (χ0) is 21.7. The molecule has 3 rings (SSSR count). The van der Waals surface area contributed by atoms with Gasteiger partial charge in [0.1, 0.15) is 5.00 Å². The first kappa shape index (κ1) is 22.3. The molecular formula is C20H22N4O3S3.